The quantitative estimate of drug-likeness (QED) is 0.513. The van der Waals surface area contributed by atoms with Crippen LogP contribution in [0.25, 0.3) is 0 Å². The molecule has 0 aromatic carbocycles. The van der Waals surface area contributed by atoms with Crippen molar-refractivity contribution in [3.63, 3.8) is 0 Å². The third kappa shape index (κ3) is 46.6. The molecule has 6 N–H and O–H groups in total. The van der Waals surface area contributed by atoms with Crippen LogP contribution in [-0.4, -0.2) is 0 Å². The molecule has 0 rings (SSSR count). The van der Waals surface area contributed by atoms with Gasteiger partial charge in [0.05, 0.1) is 0 Å². The lowest BCUT2D eigenvalue weighted by atomic mass is 14.0. The molecule has 0 aromatic heterocycles. The highest BCUT2D eigenvalue weighted by atomic mass is 32.1. The van der Waals surface area contributed by atoms with Gasteiger partial charge in [-0.3, -0.25) is 0 Å². The van der Waals surface area contributed by atoms with E-state index in [1.165, 1.54) is 0 Å². The van der Waals surface area contributed by atoms with Gasteiger partial charge in [0.1, 0.15) is 0 Å². The van der Waals surface area contributed by atoms with Crippen molar-refractivity contribution in [3.05, 3.63) is 0 Å². The minimum Gasteiger partial charge on any atom is -0.344 e. The van der Waals surface area contributed by atoms with Gasteiger partial charge in [0, 0.05) is 0 Å². The SMILES string of the molecule is N.N.S.S.S. The van der Waals surface area contributed by atoms with E-state index in [9.17, 15) is 0 Å². The van der Waals surface area contributed by atoms with Crippen LogP contribution < -0.4 is 12.3 Å². The molecule has 0 heterocycles. The monoisotopic (exact) mass is 136 g/mol. The highest BCUT2D eigenvalue weighted by molar-refractivity contribution is 7.59. The van der Waals surface area contributed by atoms with Crippen LogP contribution in [0, 0.1) is 0 Å². The van der Waals surface area contributed by atoms with Crippen molar-refractivity contribution < 1.29 is 0 Å². The summed E-state index contributed by atoms with van der Waals surface area (Å²) in [6, 6.07) is 0. The van der Waals surface area contributed by atoms with Gasteiger partial charge < -0.3 is 12.3 Å². The summed E-state index contributed by atoms with van der Waals surface area (Å²) in [6.07, 6.45) is 0. The molecule has 2 nitrogen and oxygen atoms in total. The summed E-state index contributed by atoms with van der Waals surface area (Å²) in [4.78, 5) is 0. The van der Waals surface area contributed by atoms with Crippen LogP contribution in [0.3, 0.4) is 0 Å². The number of hydrogen-bond donors (Lipinski definition) is 2. The van der Waals surface area contributed by atoms with E-state index in [0.717, 1.165) is 0 Å². The van der Waals surface area contributed by atoms with E-state index in [0.29, 0.717) is 0 Å². The van der Waals surface area contributed by atoms with Crippen LogP contribution in [0.15, 0.2) is 0 Å². The Labute approximate surface area is 53.2 Å². The zero-order chi connectivity index (χ0) is 0. The van der Waals surface area contributed by atoms with E-state index in [4.69, 9.17) is 0 Å². The van der Waals surface area contributed by atoms with Gasteiger partial charge in [-0.15, -0.1) is 0 Å². The van der Waals surface area contributed by atoms with E-state index in [-0.39, 0.29) is 52.8 Å². The molecule has 0 aliphatic carbocycles. The van der Waals surface area contributed by atoms with Gasteiger partial charge in [-0.25, -0.2) is 0 Å². The van der Waals surface area contributed by atoms with Crippen LogP contribution >= 0.6 is 40.5 Å². The highest BCUT2D eigenvalue weighted by Gasteiger charge is -0.195. The normalized spacial score (nSPS) is 0. The smallest absolute Gasteiger partial charge is 0.197 e. The lowest BCUT2D eigenvalue weighted by Gasteiger charge is -0.345. The van der Waals surface area contributed by atoms with E-state index in [1.54, 1.807) is 0 Å². The Hall–Kier alpha value is 0.970. The van der Waals surface area contributed by atoms with Gasteiger partial charge >= 0.3 is 0 Å². The maximum atomic E-state index is 0. The van der Waals surface area contributed by atoms with Crippen molar-refractivity contribution in [2.24, 2.45) is 0 Å². The second-order valence-electron chi connectivity index (χ2n) is 0. The molecule has 40 valence electrons. The third-order valence-corrected chi connectivity index (χ3v) is 0. The number of hydrogen-bond acceptors (Lipinski definition) is 2. The zero-order valence-corrected chi connectivity index (χ0v) is 5.91. The molecular formula is H12N2S3. The summed E-state index contributed by atoms with van der Waals surface area (Å²) >= 11 is 0. The maximum Gasteiger partial charge on any atom is -0.197 e. The maximum absolute atomic E-state index is 0. The Balaban J connectivity index is 0. The van der Waals surface area contributed by atoms with E-state index in [1.807, 2.05) is 0 Å². The van der Waals surface area contributed by atoms with Crippen LogP contribution in [0.4, 0.5) is 0 Å². The van der Waals surface area contributed by atoms with Crippen LogP contribution in [0.5, 0.6) is 0 Å². The molecule has 0 amide bonds. The average Bonchev–Trinajstić information content (AvgIpc) is 0. The van der Waals surface area contributed by atoms with Crippen molar-refractivity contribution in [2.75, 3.05) is 0 Å². The molecule has 0 aliphatic rings. The van der Waals surface area contributed by atoms with Gasteiger partial charge in [-0.05, 0) is 0 Å². The van der Waals surface area contributed by atoms with Gasteiger partial charge in [0.25, 0.3) is 0 Å². The predicted molar refractivity (Wildman–Crippen MR) is 41.2 cm³/mol. The Bertz CT molecular complexity index is 4.85. The van der Waals surface area contributed by atoms with Crippen molar-refractivity contribution in [1.29, 1.82) is 0 Å². The first kappa shape index (κ1) is 157. The fraction of sp³-hybridized carbons (Fsp3) is 0. The van der Waals surface area contributed by atoms with Gasteiger partial charge in [0.2, 0.25) is 0 Å². The molecule has 0 saturated heterocycles. The molecule has 0 spiro atoms. The van der Waals surface area contributed by atoms with Crippen LogP contribution in [-0.2, 0) is 0 Å². The molecule has 0 unspecified atom stereocenters. The summed E-state index contributed by atoms with van der Waals surface area (Å²) in [5, 5.41) is 0. The van der Waals surface area contributed by atoms with Crippen molar-refractivity contribution in [3.8, 4) is 0 Å². The standard InChI is InChI=1S/2H3N.3H2S/h2*1H3;3*1H2. The van der Waals surface area contributed by atoms with Gasteiger partial charge in [0.15, 0.2) is 0 Å². The molecule has 0 bridgehead atoms. The first-order valence-electron chi connectivity index (χ1n) is 0. The lowest BCUT2D eigenvalue weighted by molar-refractivity contribution is 2.13. The lowest BCUT2D eigenvalue weighted by Crippen LogP contribution is -0.482. The van der Waals surface area contributed by atoms with Crippen LogP contribution in [0.2, 0.25) is 0 Å². The molecule has 0 fully saturated rings. The van der Waals surface area contributed by atoms with Gasteiger partial charge in [-0.2, -0.15) is 40.5 Å². The van der Waals surface area contributed by atoms with Crippen molar-refractivity contribution >= 4 is 40.5 Å². The number of rotatable bonds is 0. The molecule has 0 atom stereocenters. The van der Waals surface area contributed by atoms with Gasteiger partial charge in [-0.1, -0.05) is 0 Å². The fourth-order valence-electron chi connectivity index (χ4n) is 0. The summed E-state index contributed by atoms with van der Waals surface area (Å²) in [5.74, 6) is 0. The highest BCUT2D eigenvalue weighted by Crippen LogP contribution is 0.650. The van der Waals surface area contributed by atoms with Crippen molar-refractivity contribution in [1.82, 2.24) is 12.3 Å². The molecule has 0 aliphatic heterocycles. The Morgan fingerprint density at radius 2 is 0.400 bits per heavy atom. The summed E-state index contributed by atoms with van der Waals surface area (Å²) < 4.78 is 0. The predicted octanol–water partition coefficient (Wildman–Crippen LogP) is 0.662. The molecule has 5 heteroatoms. The Morgan fingerprint density at radius 3 is 0.400 bits per heavy atom. The molecular weight excluding hydrogens is 124 g/mol. The Kier molecular flexibility index (Phi) is 2610. The largest absolute Gasteiger partial charge is 0.344 e. The first-order valence-corrected chi connectivity index (χ1v) is 0. The first-order chi connectivity index (χ1) is 0. The molecule has 5 heavy (non-hydrogen) atoms. The third-order valence-electron chi connectivity index (χ3n) is 0. The van der Waals surface area contributed by atoms with E-state index >= 15 is 0 Å². The van der Waals surface area contributed by atoms with Crippen LogP contribution in [0.1, 0.15) is 0 Å². The zero-order valence-electron chi connectivity index (χ0n) is 2.91. The second-order valence-corrected chi connectivity index (χ2v) is 0. The Morgan fingerprint density at radius 1 is 0.400 bits per heavy atom. The minimum atomic E-state index is 0. The summed E-state index contributed by atoms with van der Waals surface area (Å²) in [5.41, 5.74) is 0. The van der Waals surface area contributed by atoms with Crippen molar-refractivity contribution in [2.45, 2.75) is 0 Å². The molecule has 0 aromatic rings. The fourth-order valence-corrected chi connectivity index (χ4v) is 0. The second kappa shape index (κ2) is 83.3. The van der Waals surface area contributed by atoms with E-state index in [2.05, 4.69) is 0 Å². The summed E-state index contributed by atoms with van der Waals surface area (Å²) in [7, 11) is 0. The topological polar surface area (TPSA) is 70.0 Å². The average molecular weight is 136 g/mol. The molecule has 0 radical (unpaired) electrons. The molecule has 0 saturated carbocycles. The van der Waals surface area contributed by atoms with E-state index < -0.39 is 0 Å². The summed E-state index contributed by atoms with van der Waals surface area (Å²) in [6.45, 7) is 0. The minimum absolute atomic E-state index is 0.